The van der Waals surface area contributed by atoms with Gasteiger partial charge in [0.25, 0.3) is 0 Å². The van der Waals surface area contributed by atoms with Gasteiger partial charge in [0.2, 0.25) is 5.91 Å². The Kier molecular flexibility index (Phi) is 5.96. The maximum Gasteiger partial charge on any atom is 0.228 e. The fraction of sp³-hybridized carbons (Fsp3) is 0.250. The van der Waals surface area contributed by atoms with E-state index in [1.165, 1.54) is 17.2 Å². The summed E-state index contributed by atoms with van der Waals surface area (Å²) in [5.74, 6) is 2.38. The van der Waals surface area contributed by atoms with Crippen molar-refractivity contribution >= 4 is 35.1 Å². The van der Waals surface area contributed by atoms with Gasteiger partial charge in [0.05, 0.1) is 0 Å². The molecule has 0 unspecified atom stereocenters. The van der Waals surface area contributed by atoms with Crippen molar-refractivity contribution < 1.29 is 4.79 Å². The number of carbonyl (C=O) groups excluding carboxylic acids is 1. The molecule has 2 aromatic rings. The van der Waals surface area contributed by atoms with Crippen molar-refractivity contribution in [2.24, 2.45) is 0 Å². The summed E-state index contributed by atoms with van der Waals surface area (Å²) in [4.78, 5) is 14.4. The van der Waals surface area contributed by atoms with Crippen molar-refractivity contribution in [2.45, 2.75) is 6.42 Å². The van der Waals surface area contributed by atoms with Crippen LogP contribution in [0.5, 0.6) is 0 Å². The van der Waals surface area contributed by atoms with Gasteiger partial charge in [-0.2, -0.15) is 11.8 Å². The highest BCUT2D eigenvalue weighted by Crippen LogP contribution is 2.21. The van der Waals surface area contributed by atoms with Crippen LogP contribution in [0.15, 0.2) is 60.7 Å². The summed E-state index contributed by atoms with van der Waals surface area (Å²) >= 11 is 2.01. The summed E-state index contributed by atoms with van der Waals surface area (Å²) in [7, 11) is 0. The van der Waals surface area contributed by atoms with Gasteiger partial charge in [0.15, 0.2) is 0 Å². The lowest BCUT2D eigenvalue weighted by atomic mass is 10.2. The molecule has 4 heteroatoms. The number of nitrogens with one attached hydrogen (secondary N) is 1. The highest BCUT2D eigenvalue weighted by atomic mass is 32.2. The lowest BCUT2D eigenvalue weighted by Crippen LogP contribution is -2.32. The second kappa shape index (κ2) is 8.60. The summed E-state index contributed by atoms with van der Waals surface area (Å²) in [6.45, 7) is 2.20. The number of amides is 1. The van der Waals surface area contributed by atoms with Gasteiger partial charge in [-0.3, -0.25) is 4.79 Å². The molecule has 1 amide bonds. The van der Waals surface area contributed by atoms with Gasteiger partial charge in [0, 0.05) is 42.4 Å². The molecule has 124 valence electrons. The van der Waals surface area contributed by atoms with Crippen LogP contribution in [0.25, 0.3) is 6.08 Å². The van der Waals surface area contributed by atoms with E-state index in [9.17, 15) is 4.79 Å². The van der Waals surface area contributed by atoms with Crippen LogP contribution < -0.4 is 10.2 Å². The van der Waals surface area contributed by atoms with E-state index in [-0.39, 0.29) is 5.91 Å². The molecule has 2 aromatic carbocycles. The first-order chi connectivity index (χ1) is 11.8. The monoisotopic (exact) mass is 338 g/mol. The van der Waals surface area contributed by atoms with E-state index in [0.717, 1.165) is 24.3 Å². The molecule has 0 aliphatic carbocycles. The van der Waals surface area contributed by atoms with Crippen LogP contribution in [-0.4, -0.2) is 30.5 Å². The number of benzene rings is 2. The molecule has 0 bridgehead atoms. The fourth-order valence-electron chi connectivity index (χ4n) is 2.66. The first-order valence-electron chi connectivity index (χ1n) is 8.25. The minimum Gasteiger partial charge on any atom is -0.370 e. The average molecular weight is 338 g/mol. The smallest absolute Gasteiger partial charge is 0.228 e. The Labute approximate surface area is 147 Å². The van der Waals surface area contributed by atoms with E-state index in [0.29, 0.717) is 6.42 Å². The average Bonchev–Trinajstić information content (AvgIpc) is 2.64. The van der Waals surface area contributed by atoms with Crippen LogP contribution >= 0.6 is 11.8 Å². The SMILES string of the molecule is O=C(C/C=C/c1ccccc1)Nc1ccc(N2CCSCC2)cc1. The van der Waals surface area contributed by atoms with Crippen LogP contribution in [0.3, 0.4) is 0 Å². The standard InChI is InChI=1S/C20H22N2OS/c23-20(8-4-7-17-5-2-1-3-6-17)21-18-9-11-19(12-10-18)22-13-15-24-16-14-22/h1-7,9-12H,8,13-16H2,(H,21,23)/b7-4+. The Hall–Kier alpha value is -2.20. The van der Waals surface area contributed by atoms with E-state index >= 15 is 0 Å². The van der Waals surface area contributed by atoms with Gasteiger partial charge in [0.1, 0.15) is 0 Å². The number of thioether (sulfide) groups is 1. The van der Waals surface area contributed by atoms with E-state index in [4.69, 9.17) is 0 Å². The van der Waals surface area contributed by atoms with Crippen LogP contribution in [0.4, 0.5) is 11.4 Å². The Bertz CT molecular complexity index is 677. The molecule has 1 saturated heterocycles. The molecule has 3 rings (SSSR count). The second-order valence-corrected chi connectivity index (χ2v) is 6.94. The molecule has 1 heterocycles. The third-order valence-electron chi connectivity index (χ3n) is 3.94. The highest BCUT2D eigenvalue weighted by molar-refractivity contribution is 7.99. The van der Waals surface area contributed by atoms with Crippen LogP contribution in [-0.2, 0) is 4.79 Å². The molecule has 1 aliphatic heterocycles. The second-order valence-electron chi connectivity index (χ2n) is 5.71. The minimum absolute atomic E-state index is 0.00398. The maximum absolute atomic E-state index is 12.0. The van der Waals surface area contributed by atoms with Gasteiger partial charge in [-0.1, -0.05) is 42.5 Å². The lowest BCUT2D eigenvalue weighted by Gasteiger charge is -2.28. The first-order valence-corrected chi connectivity index (χ1v) is 9.41. The molecule has 1 fully saturated rings. The molecule has 3 nitrogen and oxygen atoms in total. The topological polar surface area (TPSA) is 32.3 Å². The van der Waals surface area contributed by atoms with E-state index in [1.807, 2.05) is 66.4 Å². The maximum atomic E-state index is 12.0. The minimum atomic E-state index is 0.00398. The number of rotatable bonds is 5. The van der Waals surface area contributed by atoms with Gasteiger partial charge >= 0.3 is 0 Å². The highest BCUT2D eigenvalue weighted by Gasteiger charge is 2.10. The zero-order valence-corrected chi connectivity index (χ0v) is 14.5. The van der Waals surface area contributed by atoms with E-state index < -0.39 is 0 Å². The quantitative estimate of drug-likeness (QED) is 0.883. The van der Waals surface area contributed by atoms with Crippen molar-refractivity contribution in [1.82, 2.24) is 0 Å². The zero-order valence-electron chi connectivity index (χ0n) is 13.7. The predicted octanol–water partition coefficient (Wildman–Crippen LogP) is 4.28. The van der Waals surface area contributed by atoms with Crippen LogP contribution in [0.2, 0.25) is 0 Å². The molecule has 24 heavy (non-hydrogen) atoms. The Morgan fingerprint density at radius 1 is 1.04 bits per heavy atom. The normalized spacial score (nSPS) is 14.8. The molecule has 1 aliphatic rings. The predicted molar refractivity (Wildman–Crippen MR) is 105 cm³/mol. The van der Waals surface area contributed by atoms with Crippen molar-refractivity contribution in [1.29, 1.82) is 0 Å². The van der Waals surface area contributed by atoms with Crippen LogP contribution in [0, 0.1) is 0 Å². The number of carbonyl (C=O) groups is 1. The van der Waals surface area contributed by atoms with Gasteiger partial charge in [-0.15, -0.1) is 0 Å². The molecular formula is C20H22N2OS. The van der Waals surface area contributed by atoms with Crippen molar-refractivity contribution in [2.75, 3.05) is 34.8 Å². The number of nitrogens with zero attached hydrogens (tertiary/aromatic N) is 1. The van der Waals surface area contributed by atoms with E-state index in [2.05, 4.69) is 22.3 Å². The Balaban J connectivity index is 1.50. The van der Waals surface area contributed by atoms with Crippen molar-refractivity contribution in [3.8, 4) is 0 Å². The third kappa shape index (κ3) is 4.90. The molecular weight excluding hydrogens is 316 g/mol. The molecule has 0 radical (unpaired) electrons. The van der Waals surface area contributed by atoms with Crippen molar-refractivity contribution in [3.05, 3.63) is 66.2 Å². The summed E-state index contributed by atoms with van der Waals surface area (Å²) in [5.41, 5.74) is 3.19. The molecule has 0 aromatic heterocycles. The Morgan fingerprint density at radius 2 is 1.75 bits per heavy atom. The Morgan fingerprint density at radius 3 is 2.46 bits per heavy atom. The molecule has 1 N–H and O–H groups in total. The fourth-order valence-corrected chi connectivity index (χ4v) is 3.56. The zero-order chi connectivity index (χ0) is 16.6. The lowest BCUT2D eigenvalue weighted by molar-refractivity contribution is -0.115. The summed E-state index contributed by atoms with van der Waals surface area (Å²) < 4.78 is 0. The van der Waals surface area contributed by atoms with Gasteiger partial charge in [-0.25, -0.2) is 0 Å². The van der Waals surface area contributed by atoms with Gasteiger partial charge in [-0.05, 0) is 29.8 Å². The van der Waals surface area contributed by atoms with Crippen LogP contribution in [0.1, 0.15) is 12.0 Å². The van der Waals surface area contributed by atoms with Crippen molar-refractivity contribution in [3.63, 3.8) is 0 Å². The third-order valence-corrected chi connectivity index (χ3v) is 4.88. The number of hydrogen-bond acceptors (Lipinski definition) is 3. The van der Waals surface area contributed by atoms with E-state index in [1.54, 1.807) is 0 Å². The summed E-state index contributed by atoms with van der Waals surface area (Å²) in [6, 6.07) is 18.1. The number of anilines is 2. The molecule has 0 spiro atoms. The molecule has 0 saturated carbocycles. The largest absolute Gasteiger partial charge is 0.370 e. The summed E-state index contributed by atoms with van der Waals surface area (Å²) in [5, 5.41) is 2.95. The number of hydrogen-bond donors (Lipinski definition) is 1. The molecule has 0 atom stereocenters. The summed E-state index contributed by atoms with van der Waals surface area (Å²) in [6.07, 6.45) is 4.24. The van der Waals surface area contributed by atoms with Gasteiger partial charge < -0.3 is 10.2 Å². The first kappa shape index (κ1) is 16.7.